The lowest BCUT2D eigenvalue weighted by atomic mass is 10.2. The third kappa shape index (κ3) is 6.91. The molecule has 0 saturated heterocycles. The van der Waals surface area contributed by atoms with Gasteiger partial charge in [-0.05, 0) is 36.3 Å². The summed E-state index contributed by atoms with van der Waals surface area (Å²) in [6.07, 6.45) is 1.72. The van der Waals surface area contributed by atoms with Crippen LogP contribution in [0.25, 0.3) is 11.1 Å². The molecule has 0 fully saturated rings. The molecule has 2 N–H and O–H groups in total. The lowest BCUT2D eigenvalue weighted by Crippen LogP contribution is -2.28. The Hall–Kier alpha value is -3.23. The summed E-state index contributed by atoms with van der Waals surface area (Å²) in [5.74, 6) is 0.105. The minimum absolute atomic E-state index is 0.0380. The van der Waals surface area contributed by atoms with Crippen molar-refractivity contribution in [3.63, 3.8) is 0 Å². The maximum Gasteiger partial charge on any atom is 0.282 e. The van der Waals surface area contributed by atoms with Crippen molar-refractivity contribution >= 4 is 45.9 Å². The van der Waals surface area contributed by atoms with Gasteiger partial charge in [-0.25, -0.2) is 0 Å². The molecule has 0 aliphatic carbocycles. The van der Waals surface area contributed by atoms with Crippen LogP contribution in [0.5, 0.6) is 5.75 Å². The number of benzene rings is 2. The molecular formula is C22H21ClN4O3S. The van der Waals surface area contributed by atoms with E-state index in [2.05, 4.69) is 20.8 Å². The van der Waals surface area contributed by atoms with Crippen molar-refractivity contribution in [2.24, 2.45) is 0 Å². The fraction of sp³-hybridized carbons (Fsp3) is 0.182. The smallest absolute Gasteiger partial charge is 0.282 e. The first-order valence-electron chi connectivity index (χ1n) is 9.58. The van der Waals surface area contributed by atoms with Gasteiger partial charge in [0.05, 0.1) is 5.03 Å². The van der Waals surface area contributed by atoms with Crippen molar-refractivity contribution in [3.8, 4) is 5.75 Å². The number of hydrogen-bond donors (Lipinski definition) is 2. The number of ether oxygens (including phenoxy) is 1. The van der Waals surface area contributed by atoms with Gasteiger partial charge in [-0.3, -0.25) is 9.59 Å². The van der Waals surface area contributed by atoms with Crippen LogP contribution in [0.15, 0.2) is 54.6 Å². The normalized spacial score (nSPS) is 11.1. The van der Waals surface area contributed by atoms with Crippen LogP contribution in [0.4, 0.5) is 0 Å². The van der Waals surface area contributed by atoms with Gasteiger partial charge in [-0.2, -0.15) is 0 Å². The van der Waals surface area contributed by atoms with Gasteiger partial charge < -0.3 is 15.4 Å². The van der Waals surface area contributed by atoms with E-state index in [1.165, 1.54) is 0 Å². The second-order valence-corrected chi connectivity index (χ2v) is 7.77. The topological polar surface area (TPSA) is 93.2 Å². The molecular weight excluding hydrogens is 436 g/mol. The zero-order valence-corrected chi connectivity index (χ0v) is 18.4. The van der Waals surface area contributed by atoms with Gasteiger partial charge in [0.1, 0.15) is 5.75 Å². The van der Waals surface area contributed by atoms with Gasteiger partial charge in [0, 0.05) is 13.1 Å². The van der Waals surface area contributed by atoms with Gasteiger partial charge in [-0.1, -0.05) is 65.4 Å². The van der Waals surface area contributed by atoms with Crippen molar-refractivity contribution in [2.45, 2.75) is 13.5 Å². The van der Waals surface area contributed by atoms with Crippen molar-refractivity contribution in [2.75, 3.05) is 13.2 Å². The number of carbonyl (C=O) groups excluding carboxylic acids is 2. The molecule has 0 bridgehead atoms. The minimum Gasteiger partial charge on any atom is -0.484 e. The third-order valence-corrected chi connectivity index (χ3v) is 5.39. The highest BCUT2D eigenvalue weighted by molar-refractivity contribution is 7.15. The Morgan fingerprint density at radius 1 is 1.03 bits per heavy atom. The first-order chi connectivity index (χ1) is 15.0. The molecule has 0 unspecified atom stereocenters. The Labute approximate surface area is 189 Å². The zero-order valence-electron chi connectivity index (χ0n) is 16.8. The Balaban J connectivity index is 1.57. The first-order valence-corrected chi connectivity index (χ1v) is 10.8. The summed E-state index contributed by atoms with van der Waals surface area (Å²) < 4.78 is 5.42. The van der Waals surface area contributed by atoms with Crippen LogP contribution >= 0.6 is 22.9 Å². The van der Waals surface area contributed by atoms with Crippen molar-refractivity contribution < 1.29 is 14.3 Å². The van der Waals surface area contributed by atoms with Crippen LogP contribution < -0.4 is 15.4 Å². The fourth-order valence-corrected chi connectivity index (χ4v) is 3.48. The summed E-state index contributed by atoms with van der Waals surface area (Å²) in [6, 6.07) is 16.7. The van der Waals surface area contributed by atoms with E-state index in [-0.39, 0.29) is 23.4 Å². The van der Waals surface area contributed by atoms with E-state index < -0.39 is 0 Å². The largest absolute Gasteiger partial charge is 0.484 e. The van der Waals surface area contributed by atoms with Gasteiger partial charge in [0.25, 0.3) is 11.8 Å². The molecule has 160 valence electrons. The highest BCUT2D eigenvalue weighted by atomic mass is 35.5. The summed E-state index contributed by atoms with van der Waals surface area (Å²) in [7, 11) is 0. The molecule has 31 heavy (non-hydrogen) atoms. The van der Waals surface area contributed by atoms with Crippen LogP contribution in [-0.2, 0) is 11.3 Å². The molecule has 1 heterocycles. The van der Waals surface area contributed by atoms with Crippen molar-refractivity contribution in [1.82, 2.24) is 20.8 Å². The van der Waals surface area contributed by atoms with Crippen molar-refractivity contribution in [3.05, 3.63) is 75.7 Å². The number of carbonyl (C=O) groups is 2. The Morgan fingerprint density at radius 2 is 1.74 bits per heavy atom. The van der Waals surface area contributed by atoms with E-state index in [4.69, 9.17) is 16.3 Å². The number of rotatable bonds is 9. The molecule has 0 atom stereocenters. The van der Waals surface area contributed by atoms with Crippen LogP contribution in [0.2, 0.25) is 0 Å². The number of aromatic nitrogens is 2. The second-order valence-electron chi connectivity index (χ2n) is 6.38. The minimum atomic E-state index is -0.300. The molecule has 0 saturated carbocycles. The Morgan fingerprint density at radius 3 is 2.45 bits per heavy atom. The number of nitrogens with one attached hydrogen (secondary N) is 2. The Kier molecular flexibility index (Phi) is 8.14. The number of halogens is 1. The zero-order chi connectivity index (χ0) is 22.1. The van der Waals surface area contributed by atoms with Crippen LogP contribution in [0, 0.1) is 0 Å². The monoisotopic (exact) mass is 456 g/mol. The highest BCUT2D eigenvalue weighted by Gasteiger charge is 2.14. The van der Waals surface area contributed by atoms with Gasteiger partial charge in [-0.15, -0.1) is 10.2 Å². The standard InChI is InChI=1S/C22H21ClN4O3S/c1-2-24-19(28)14-30-17-10-8-15(9-11-17)12-18(23)21-26-27-22(31-21)20(29)25-13-16-6-4-3-5-7-16/h3-12H,2,13-14H2,1H3,(H,24,28)(H,25,29)/b18-12-. The summed E-state index contributed by atoms with van der Waals surface area (Å²) in [5, 5.41) is 14.5. The van der Waals surface area contributed by atoms with Crippen LogP contribution in [-0.4, -0.2) is 35.2 Å². The lowest BCUT2D eigenvalue weighted by Gasteiger charge is -2.06. The van der Waals surface area contributed by atoms with E-state index in [0.717, 1.165) is 22.5 Å². The molecule has 0 aliphatic rings. The molecule has 1 aromatic heterocycles. The fourth-order valence-electron chi connectivity index (χ4n) is 2.53. The third-order valence-electron chi connectivity index (χ3n) is 4.04. The summed E-state index contributed by atoms with van der Waals surface area (Å²) >= 11 is 7.48. The summed E-state index contributed by atoms with van der Waals surface area (Å²) in [5.41, 5.74) is 1.82. The first kappa shape index (κ1) is 22.5. The summed E-state index contributed by atoms with van der Waals surface area (Å²) in [6.45, 7) is 2.78. The highest BCUT2D eigenvalue weighted by Crippen LogP contribution is 2.26. The predicted octanol–water partition coefficient (Wildman–Crippen LogP) is 3.72. The summed E-state index contributed by atoms with van der Waals surface area (Å²) in [4.78, 5) is 23.7. The van der Waals surface area contributed by atoms with E-state index in [9.17, 15) is 9.59 Å². The maximum absolute atomic E-state index is 12.3. The SMILES string of the molecule is CCNC(=O)COc1ccc(/C=C(\Cl)c2nnc(C(=O)NCc3ccccc3)s2)cc1. The average molecular weight is 457 g/mol. The van der Waals surface area contributed by atoms with E-state index in [1.54, 1.807) is 18.2 Å². The van der Waals surface area contributed by atoms with E-state index >= 15 is 0 Å². The molecule has 2 amide bonds. The second kappa shape index (κ2) is 11.2. The van der Waals surface area contributed by atoms with Gasteiger partial charge >= 0.3 is 0 Å². The number of amides is 2. The molecule has 3 rings (SSSR count). The average Bonchev–Trinajstić information content (AvgIpc) is 3.29. The molecule has 9 heteroatoms. The molecule has 0 radical (unpaired) electrons. The van der Waals surface area contributed by atoms with Crippen LogP contribution in [0.3, 0.4) is 0 Å². The Bertz CT molecular complexity index is 1050. The predicted molar refractivity (Wildman–Crippen MR) is 122 cm³/mol. The lowest BCUT2D eigenvalue weighted by molar-refractivity contribution is -0.122. The van der Waals surface area contributed by atoms with E-state index in [0.29, 0.717) is 28.9 Å². The molecule has 0 aliphatic heterocycles. The van der Waals surface area contributed by atoms with Crippen molar-refractivity contribution in [1.29, 1.82) is 0 Å². The molecule has 0 spiro atoms. The van der Waals surface area contributed by atoms with E-state index in [1.807, 2.05) is 49.4 Å². The number of likely N-dealkylation sites (N-methyl/N-ethyl adjacent to an activating group) is 1. The molecule has 3 aromatic rings. The number of nitrogens with zero attached hydrogens (tertiary/aromatic N) is 2. The maximum atomic E-state index is 12.3. The number of hydrogen-bond acceptors (Lipinski definition) is 6. The molecule has 2 aromatic carbocycles. The molecule has 7 nitrogen and oxygen atoms in total. The van der Waals surface area contributed by atoms with Gasteiger partial charge in [0.2, 0.25) is 5.01 Å². The van der Waals surface area contributed by atoms with Crippen LogP contribution in [0.1, 0.15) is 32.9 Å². The van der Waals surface area contributed by atoms with Gasteiger partial charge in [0.15, 0.2) is 11.6 Å². The quantitative estimate of drug-likeness (QED) is 0.512.